The lowest BCUT2D eigenvalue weighted by molar-refractivity contribution is -0.136. The third-order valence-corrected chi connectivity index (χ3v) is 4.88. The van der Waals surface area contributed by atoms with Gasteiger partial charge in [-0.15, -0.1) is 0 Å². The van der Waals surface area contributed by atoms with Crippen LogP contribution in [0.2, 0.25) is 0 Å². The standard InChI is InChI=1S/C11H13BrO5S/c1-8(11(13)14)18(15,16)7-6-17-10-4-2-9(12)3-5-10/h2-5,8H,6-7H2,1H3,(H,13,14). The number of rotatable bonds is 6. The Morgan fingerprint density at radius 2 is 1.94 bits per heavy atom. The minimum atomic E-state index is -3.67. The molecule has 0 aliphatic rings. The Kier molecular flexibility index (Phi) is 5.15. The molecule has 100 valence electrons. The zero-order chi connectivity index (χ0) is 13.8. The SMILES string of the molecule is CC(C(=O)O)S(=O)(=O)CCOc1ccc(Br)cc1. The number of benzene rings is 1. The van der Waals surface area contributed by atoms with Crippen LogP contribution in [0.15, 0.2) is 28.7 Å². The van der Waals surface area contributed by atoms with Crippen LogP contribution >= 0.6 is 15.9 Å². The molecule has 7 heteroatoms. The first-order valence-electron chi connectivity index (χ1n) is 5.15. The summed E-state index contributed by atoms with van der Waals surface area (Å²) in [5.41, 5.74) is 0. The van der Waals surface area contributed by atoms with Gasteiger partial charge < -0.3 is 9.84 Å². The maximum absolute atomic E-state index is 11.5. The highest BCUT2D eigenvalue weighted by Gasteiger charge is 2.27. The first-order chi connectivity index (χ1) is 8.33. The summed E-state index contributed by atoms with van der Waals surface area (Å²) in [5.74, 6) is -1.13. The normalized spacial score (nSPS) is 13.0. The van der Waals surface area contributed by atoms with E-state index in [1.807, 2.05) is 0 Å². The van der Waals surface area contributed by atoms with Crippen LogP contribution in [0.3, 0.4) is 0 Å². The lowest BCUT2D eigenvalue weighted by Gasteiger charge is -2.09. The number of sulfone groups is 1. The molecule has 0 aliphatic carbocycles. The molecule has 0 fully saturated rings. The Bertz CT molecular complexity index is 509. The molecule has 5 nitrogen and oxygen atoms in total. The van der Waals surface area contributed by atoms with Crippen LogP contribution in [0.25, 0.3) is 0 Å². The summed E-state index contributed by atoms with van der Waals surface area (Å²) in [7, 11) is -3.67. The topological polar surface area (TPSA) is 80.7 Å². The highest BCUT2D eigenvalue weighted by molar-refractivity contribution is 9.10. The lowest BCUT2D eigenvalue weighted by Crippen LogP contribution is -2.31. The Balaban J connectivity index is 2.51. The van der Waals surface area contributed by atoms with Gasteiger partial charge in [0.2, 0.25) is 0 Å². The average Bonchev–Trinajstić information content (AvgIpc) is 2.30. The van der Waals surface area contributed by atoms with Gasteiger partial charge in [-0.2, -0.15) is 0 Å². The molecule has 0 spiro atoms. The van der Waals surface area contributed by atoms with E-state index in [1.54, 1.807) is 24.3 Å². The van der Waals surface area contributed by atoms with Gasteiger partial charge in [0.15, 0.2) is 15.1 Å². The van der Waals surface area contributed by atoms with Gasteiger partial charge in [-0.1, -0.05) is 15.9 Å². The predicted octanol–water partition coefficient (Wildman–Crippen LogP) is 1.72. The molecule has 1 aromatic carbocycles. The van der Waals surface area contributed by atoms with Crippen LogP contribution in [-0.4, -0.2) is 37.1 Å². The molecule has 18 heavy (non-hydrogen) atoms. The van der Waals surface area contributed by atoms with Crippen LogP contribution in [0, 0.1) is 0 Å². The molecule has 1 aromatic rings. The first-order valence-corrected chi connectivity index (χ1v) is 7.66. The number of aliphatic carboxylic acids is 1. The number of hydrogen-bond acceptors (Lipinski definition) is 4. The van der Waals surface area contributed by atoms with Gasteiger partial charge in [0, 0.05) is 4.47 Å². The molecular formula is C11H13BrO5S. The van der Waals surface area contributed by atoms with Crippen molar-refractivity contribution in [2.45, 2.75) is 12.2 Å². The van der Waals surface area contributed by atoms with E-state index < -0.39 is 21.1 Å². The van der Waals surface area contributed by atoms with E-state index in [9.17, 15) is 13.2 Å². The summed E-state index contributed by atoms with van der Waals surface area (Å²) in [4.78, 5) is 10.6. The molecule has 1 unspecified atom stereocenters. The molecule has 0 aromatic heterocycles. The molecule has 0 saturated heterocycles. The van der Waals surface area contributed by atoms with E-state index in [4.69, 9.17) is 9.84 Å². The average molecular weight is 337 g/mol. The number of hydrogen-bond donors (Lipinski definition) is 1. The summed E-state index contributed by atoms with van der Waals surface area (Å²) >= 11 is 3.26. The largest absolute Gasteiger partial charge is 0.493 e. The second kappa shape index (κ2) is 6.19. The number of carboxylic acids is 1. The summed E-state index contributed by atoms with van der Waals surface area (Å²) in [6, 6.07) is 6.92. The Morgan fingerprint density at radius 1 is 1.39 bits per heavy atom. The lowest BCUT2D eigenvalue weighted by atomic mass is 10.3. The fourth-order valence-corrected chi connectivity index (χ4v) is 2.38. The van der Waals surface area contributed by atoms with Crippen molar-refractivity contribution in [1.29, 1.82) is 0 Å². The van der Waals surface area contributed by atoms with Crippen LogP contribution in [0.1, 0.15) is 6.92 Å². The maximum Gasteiger partial charge on any atom is 0.321 e. The fraction of sp³-hybridized carbons (Fsp3) is 0.364. The summed E-state index contributed by atoms with van der Waals surface area (Å²) < 4.78 is 29.2. The zero-order valence-electron chi connectivity index (χ0n) is 9.67. The molecule has 1 N–H and O–H groups in total. The molecular weight excluding hydrogens is 324 g/mol. The molecule has 1 rings (SSSR count). The van der Waals surface area contributed by atoms with Crippen molar-refractivity contribution in [2.75, 3.05) is 12.4 Å². The quantitative estimate of drug-likeness (QED) is 0.855. The van der Waals surface area contributed by atoms with Crippen molar-refractivity contribution in [3.8, 4) is 5.75 Å². The number of carbonyl (C=O) groups is 1. The Hall–Kier alpha value is -1.08. The second-order valence-corrected chi connectivity index (χ2v) is 7.01. The van der Waals surface area contributed by atoms with Gasteiger partial charge in [0.1, 0.15) is 12.4 Å². The third-order valence-electron chi connectivity index (χ3n) is 2.34. The minimum Gasteiger partial charge on any atom is -0.493 e. The third kappa shape index (κ3) is 4.30. The van der Waals surface area contributed by atoms with Gasteiger partial charge in [0.05, 0.1) is 5.75 Å². The molecule has 0 amide bonds. The van der Waals surface area contributed by atoms with Gasteiger partial charge >= 0.3 is 5.97 Å². The first kappa shape index (κ1) is 15.0. The molecule has 1 atom stereocenters. The molecule has 0 bridgehead atoms. The van der Waals surface area contributed by atoms with Gasteiger partial charge in [-0.25, -0.2) is 8.42 Å². The number of halogens is 1. The van der Waals surface area contributed by atoms with E-state index in [2.05, 4.69) is 15.9 Å². The Labute approximate surface area is 114 Å². The van der Waals surface area contributed by atoms with E-state index in [0.717, 1.165) is 11.4 Å². The molecule has 0 radical (unpaired) electrons. The molecule has 0 saturated carbocycles. The fourth-order valence-electron chi connectivity index (χ4n) is 1.14. The van der Waals surface area contributed by atoms with Crippen molar-refractivity contribution in [3.63, 3.8) is 0 Å². The van der Waals surface area contributed by atoms with E-state index >= 15 is 0 Å². The van der Waals surface area contributed by atoms with Crippen LogP contribution in [-0.2, 0) is 14.6 Å². The summed E-state index contributed by atoms with van der Waals surface area (Å²) in [6.45, 7) is 1.08. The highest BCUT2D eigenvalue weighted by atomic mass is 79.9. The summed E-state index contributed by atoms with van der Waals surface area (Å²) in [6.07, 6.45) is 0. The molecule has 0 heterocycles. The number of carboxylic acid groups (broad SMARTS) is 1. The summed E-state index contributed by atoms with van der Waals surface area (Å²) in [5, 5.41) is 7.23. The Morgan fingerprint density at radius 3 is 2.44 bits per heavy atom. The smallest absolute Gasteiger partial charge is 0.321 e. The van der Waals surface area contributed by atoms with E-state index in [-0.39, 0.29) is 12.4 Å². The van der Waals surface area contributed by atoms with Crippen molar-refractivity contribution in [2.24, 2.45) is 0 Å². The minimum absolute atomic E-state index is 0.0679. The highest BCUT2D eigenvalue weighted by Crippen LogP contribution is 2.16. The molecule has 0 aliphatic heterocycles. The van der Waals surface area contributed by atoms with Gasteiger partial charge in [-0.3, -0.25) is 4.79 Å². The van der Waals surface area contributed by atoms with Crippen LogP contribution in [0.5, 0.6) is 5.75 Å². The van der Waals surface area contributed by atoms with Crippen LogP contribution in [0.4, 0.5) is 0 Å². The van der Waals surface area contributed by atoms with Crippen molar-refractivity contribution >= 4 is 31.7 Å². The van der Waals surface area contributed by atoms with E-state index in [1.165, 1.54) is 0 Å². The van der Waals surface area contributed by atoms with Crippen molar-refractivity contribution in [1.82, 2.24) is 0 Å². The maximum atomic E-state index is 11.5. The van der Waals surface area contributed by atoms with Gasteiger partial charge in [0.25, 0.3) is 0 Å². The predicted molar refractivity (Wildman–Crippen MR) is 70.5 cm³/mol. The van der Waals surface area contributed by atoms with Crippen molar-refractivity contribution in [3.05, 3.63) is 28.7 Å². The zero-order valence-corrected chi connectivity index (χ0v) is 12.1. The number of ether oxygens (including phenoxy) is 1. The second-order valence-electron chi connectivity index (χ2n) is 3.65. The monoisotopic (exact) mass is 336 g/mol. The van der Waals surface area contributed by atoms with Crippen molar-refractivity contribution < 1.29 is 23.1 Å². The van der Waals surface area contributed by atoms with E-state index in [0.29, 0.717) is 5.75 Å². The van der Waals surface area contributed by atoms with Crippen LogP contribution < -0.4 is 4.74 Å². The van der Waals surface area contributed by atoms with Gasteiger partial charge in [-0.05, 0) is 31.2 Å².